The van der Waals surface area contributed by atoms with Gasteiger partial charge in [0, 0.05) is 11.1 Å². The van der Waals surface area contributed by atoms with Gasteiger partial charge >= 0.3 is 0 Å². The molecular formula is C24H18O2. The first-order valence-corrected chi connectivity index (χ1v) is 8.32. The first-order chi connectivity index (χ1) is 12.7. The molecule has 0 aliphatic heterocycles. The quantitative estimate of drug-likeness (QED) is 0.697. The minimum atomic E-state index is -1.00. The van der Waals surface area contributed by atoms with Crippen molar-refractivity contribution in [3.63, 3.8) is 0 Å². The van der Waals surface area contributed by atoms with Crippen LogP contribution >= 0.6 is 0 Å². The molecule has 0 heterocycles. The fourth-order valence-corrected chi connectivity index (χ4v) is 2.51. The topological polar surface area (TPSA) is 40.5 Å². The lowest BCUT2D eigenvalue weighted by atomic mass is 9.98. The molecule has 2 N–H and O–H groups in total. The number of aliphatic hydroxyl groups excluding tert-OH is 2. The third-order valence-corrected chi connectivity index (χ3v) is 3.84. The highest BCUT2D eigenvalue weighted by Crippen LogP contribution is 2.23. The Labute approximate surface area is 153 Å². The normalized spacial score (nSPS) is 12.1. The van der Waals surface area contributed by atoms with E-state index in [4.69, 9.17) is 0 Å². The van der Waals surface area contributed by atoms with Crippen molar-refractivity contribution in [1.29, 1.82) is 0 Å². The van der Waals surface area contributed by atoms with E-state index in [2.05, 4.69) is 23.7 Å². The van der Waals surface area contributed by atoms with Crippen LogP contribution < -0.4 is 0 Å². The Morgan fingerprint density at radius 1 is 0.500 bits per heavy atom. The zero-order chi connectivity index (χ0) is 18.2. The van der Waals surface area contributed by atoms with Gasteiger partial charge in [0.1, 0.15) is 12.2 Å². The Balaban J connectivity index is 1.84. The van der Waals surface area contributed by atoms with Gasteiger partial charge in [-0.3, -0.25) is 0 Å². The zero-order valence-electron chi connectivity index (χ0n) is 14.1. The highest BCUT2D eigenvalue weighted by Gasteiger charge is 2.14. The molecule has 0 spiro atoms. The zero-order valence-corrected chi connectivity index (χ0v) is 14.1. The number of hydrogen-bond acceptors (Lipinski definition) is 2. The standard InChI is InChI=1S/C24H18O2/c25-23(17-15-19-9-3-1-4-10-19)21-13-7-8-14-22(21)24(26)18-16-20-11-5-2-6-12-20/h1-14,23-26H/t23-,24+. The van der Waals surface area contributed by atoms with E-state index in [0.717, 1.165) is 11.1 Å². The number of aliphatic hydroxyl groups is 2. The molecule has 3 aromatic rings. The first-order valence-electron chi connectivity index (χ1n) is 8.32. The van der Waals surface area contributed by atoms with E-state index in [0.29, 0.717) is 11.1 Å². The predicted molar refractivity (Wildman–Crippen MR) is 103 cm³/mol. The molecule has 0 saturated carbocycles. The summed E-state index contributed by atoms with van der Waals surface area (Å²) in [6.07, 6.45) is -2.00. The van der Waals surface area contributed by atoms with E-state index in [1.807, 2.05) is 72.8 Å². The van der Waals surface area contributed by atoms with E-state index in [1.165, 1.54) is 0 Å². The second-order valence-corrected chi connectivity index (χ2v) is 5.70. The smallest absolute Gasteiger partial charge is 0.141 e. The largest absolute Gasteiger partial charge is 0.376 e. The number of hydrogen-bond donors (Lipinski definition) is 2. The fourth-order valence-electron chi connectivity index (χ4n) is 2.51. The average molecular weight is 338 g/mol. The summed E-state index contributed by atoms with van der Waals surface area (Å²) in [4.78, 5) is 0. The second kappa shape index (κ2) is 8.70. The molecule has 0 fully saturated rings. The molecule has 0 amide bonds. The Hall–Kier alpha value is -3.30. The van der Waals surface area contributed by atoms with Crippen LogP contribution in [0.3, 0.4) is 0 Å². The molecule has 26 heavy (non-hydrogen) atoms. The summed E-state index contributed by atoms with van der Waals surface area (Å²) in [6.45, 7) is 0. The highest BCUT2D eigenvalue weighted by molar-refractivity contribution is 5.43. The van der Waals surface area contributed by atoms with Crippen LogP contribution in [0.25, 0.3) is 0 Å². The van der Waals surface area contributed by atoms with E-state index in [1.54, 1.807) is 12.1 Å². The van der Waals surface area contributed by atoms with Crippen LogP contribution in [-0.2, 0) is 0 Å². The molecule has 0 bridgehead atoms. The predicted octanol–water partition coefficient (Wildman–Crippen LogP) is 3.86. The fraction of sp³-hybridized carbons (Fsp3) is 0.0833. The molecule has 0 aliphatic rings. The second-order valence-electron chi connectivity index (χ2n) is 5.70. The summed E-state index contributed by atoms with van der Waals surface area (Å²) >= 11 is 0. The molecule has 2 heteroatoms. The van der Waals surface area contributed by atoms with Crippen molar-refractivity contribution in [2.75, 3.05) is 0 Å². The van der Waals surface area contributed by atoms with Crippen LogP contribution in [0.5, 0.6) is 0 Å². The molecule has 0 unspecified atom stereocenters. The molecule has 0 aliphatic carbocycles. The molecule has 3 aromatic carbocycles. The summed E-state index contributed by atoms with van der Waals surface area (Å²) in [6, 6.07) is 26.1. The van der Waals surface area contributed by atoms with Gasteiger partial charge in [-0.1, -0.05) is 84.3 Å². The SMILES string of the molecule is O[C@H](C#Cc1ccccc1)c1ccccc1[C@@H](O)C#Cc1ccccc1. The van der Waals surface area contributed by atoms with Gasteiger partial charge in [0.25, 0.3) is 0 Å². The van der Waals surface area contributed by atoms with Crippen molar-refractivity contribution in [3.8, 4) is 23.7 Å². The van der Waals surface area contributed by atoms with Gasteiger partial charge in [0.15, 0.2) is 0 Å². The lowest BCUT2D eigenvalue weighted by Gasteiger charge is -2.12. The van der Waals surface area contributed by atoms with Crippen LogP contribution in [0.15, 0.2) is 84.9 Å². The van der Waals surface area contributed by atoms with Crippen LogP contribution in [0.4, 0.5) is 0 Å². The van der Waals surface area contributed by atoms with Gasteiger partial charge in [-0.25, -0.2) is 0 Å². The monoisotopic (exact) mass is 338 g/mol. The van der Waals surface area contributed by atoms with Crippen molar-refractivity contribution < 1.29 is 10.2 Å². The summed E-state index contributed by atoms with van der Waals surface area (Å²) < 4.78 is 0. The molecule has 0 radical (unpaired) electrons. The Morgan fingerprint density at radius 2 is 0.846 bits per heavy atom. The third kappa shape index (κ3) is 4.62. The molecule has 2 nitrogen and oxygen atoms in total. The van der Waals surface area contributed by atoms with Crippen LogP contribution in [0, 0.1) is 23.7 Å². The van der Waals surface area contributed by atoms with Gasteiger partial charge in [-0.15, -0.1) is 0 Å². The summed E-state index contributed by atoms with van der Waals surface area (Å²) in [5.74, 6) is 11.6. The van der Waals surface area contributed by atoms with Crippen LogP contribution in [0.2, 0.25) is 0 Å². The maximum absolute atomic E-state index is 10.5. The van der Waals surface area contributed by atoms with Crippen LogP contribution in [0.1, 0.15) is 34.5 Å². The van der Waals surface area contributed by atoms with Crippen LogP contribution in [-0.4, -0.2) is 10.2 Å². The van der Waals surface area contributed by atoms with Crippen molar-refractivity contribution in [2.45, 2.75) is 12.2 Å². The first kappa shape index (κ1) is 17.5. The van der Waals surface area contributed by atoms with Gasteiger partial charge in [0.05, 0.1) is 0 Å². The third-order valence-electron chi connectivity index (χ3n) is 3.84. The maximum atomic E-state index is 10.5. The van der Waals surface area contributed by atoms with Gasteiger partial charge in [-0.2, -0.15) is 0 Å². The minimum absolute atomic E-state index is 0.561. The average Bonchev–Trinajstić information content (AvgIpc) is 2.72. The molecule has 3 rings (SSSR count). The Morgan fingerprint density at radius 3 is 1.23 bits per heavy atom. The number of benzene rings is 3. The van der Waals surface area contributed by atoms with E-state index >= 15 is 0 Å². The van der Waals surface area contributed by atoms with Gasteiger partial charge in [-0.05, 0) is 35.4 Å². The van der Waals surface area contributed by atoms with E-state index < -0.39 is 12.2 Å². The molecular weight excluding hydrogens is 320 g/mol. The van der Waals surface area contributed by atoms with Crippen molar-refractivity contribution in [2.24, 2.45) is 0 Å². The van der Waals surface area contributed by atoms with Crippen molar-refractivity contribution in [3.05, 3.63) is 107 Å². The highest BCUT2D eigenvalue weighted by atomic mass is 16.3. The summed E-state index contributed by atoms with van der Waals surface area (Å²) in [5.41, 5.74) is 2.78. The lowest BCUT2D eigenvalue weighted by molar-refractivity contribution is 0.215. The van der Waals surface area contributed by atoms with Crippen molar-refractivity contribution >= 4 is 0 Å². The van der Waals surface area contributed by atoms with E-state index in [-0.39, 0.29) is 0 Å². The van der Waals surface area contributed by atoms with Crippen molar-refractivity contribution in [1.82, 2.24) is 0 Å². The van der Waals surface area contributed by atoms with Gasteiger partial charge in [0.2, 0.25) is 0 Å². The minimum Gasteiger partial charge on any atom is -0.376 e. The number of rotatable bonds is 2. The lowest BCUT2D eigenvalue weighted by Crippen LogP contribution is -2.04. The van der Waals surface area contributed by atoms with E-state index in [9.17, 15) is 10.2 Å². The molecule has 2 atom stereocenters. The Bertz CT molecular complexity index is 888. The Kier molecular flexibility index (Phi) is 5.86. The summed E-state index contributed by atoms with van der Waals surface area (Å²) in [7, 11) is 0. The van der Waals surface area contributed by atoms with Gasteiger partial charge < -0.3 is 10.2 Å². The maximum Gasteiger partial charge on any atom is 0.141 e. The molecule has 0 aromatic heterocycles. The summed E-state index contributed by atoms with van der Waals surface area (Å²) in [5, 5.41) is 20.9. The molecule has 0 saturated heterocycles. The molecule has 126 valence electrons.